The number of hydrogen-bond acceptors (Lipinski definition) is 10. The molecule has 0 aliphatic carbocycles. The molecular weight excluding hydrogens is 472 g/mol. The van der Waals surface area contributed by atoms with Gasteiger partial charge in [0.2, 0.25) is 5.95 Å². The van der Waals surface area contributed by atoms with Gasteiger partial charge in [0, 0.05) is 42.9 Å². The molecular formula is C26H22N8O3. The van der Waals surface area contributed by atoms with Gasteiger partial charge in [0.25, 0.3) is 5.91 Å². The first kappa shape index (κ1) is 22.6. The molecule has 11 heteroatoms. The first-order valence-electron chi connectivity index (χ1n) is 11.7. The van der Waals surface area contributed by atoms with Crippen LogP contribution in [0.2, 0.25) is 0 Å². The lowest BCUT2D eigenvalue weighted by Crippen LogP contribution is -2.37. The van der Waals surface area contributed by atoms with E-state index in [1.54, 1.807) is 30.7 Å². The summed E-state index contributed by atoms with van der Waals surface area (Å²) in [6, 6.07) is 12.8. The van der Waals surface area contributed by atoms with Gasteiger partial charge in [-0.25, -0.2) is 19.9 Å². The third kappa shape index (κ3) is 4.67. The van der Waals surface area contributed by atoms with Gasteiger partial charge in [-0.1, -0.05) is 12.1 Å². The number of benzene rings is 1. The van der Waals surface area contributed by atoms with E-state index < -0.39 is 0 Å². The van der Waals surface area contributed by atoms with Crippen LogP contribution < -0.4 is 16.0 Å². The van der Waals surface area contributed by atoms with Crippen LogP contribution in [0.1, 0.15) is 10.6 Å². The number of morpholine rings is 1. The summed E-state index contributed by atoms with van der Waals surface area (Å²) in [6.07, 6.45) is 6.46. The summed E-state index contributed by atoms with van der Waals surface area (Å²) < 4.78 is 10.7. The Morgan fingerprint density at radius 2 is 1.73 bits per heavy atom. The molecule has 4 aromatic heterocycles. The molecule has 37 heavy (non-hydrogen) atoms. The minimum atomic E-state index is -0.322. The Labute approximate surface area is 211 Å². The first-order chi connectivity index (χ1) is 18.1. The minimum Gasteiger partial charge on any atom is -0.459 e. The average Bonchev–Trinajstić information content (AvgIpc) is 3.49. The number of rotatable bonds is 5. The highest BCUT2D eigenvalue weighted by molar-refractivity contribution is 6.02. The molecule has 0 spiro atoms. The molecule has 5 aromatic rings. The Morgan fingerprint density at radius 3 is 2.51 bits per heavy atom. The lowest BCUT2D eigenvalue weighted by molar-refractivity contribution is 0.0996. The molecule has 11 nitrogen and oxygen atoms in total. The van der Waals surface area contributed by atoms with E-state index in [0.29, 0.717) is 54.4 Å². The number of amides is 1. The summed E-state index contributed by atoms with van der Waals surface area (Å²) in [7, 11) is 0. The lowest BCUT2D eigenvalue weighted by atomic mass is 10.1. The van der Waals surface area contributed by atoms with E-state index in [1.165, 1.54) is 6.26 Å². The summed E-state index contributed by atoms with van der Waals surface area (Å²) in [5.74, 6) is 1.31. The zero-order valence-electron chi connectivity index (χ0n) is 19.7. The molecule has 0 saturated carbocycles. The standard InChI is InChI=1S/C26H22N8O3/c27-26-29-14-18(15-30-26)23-32-20-12-17(13-28-22(20)24(33-23)34-6-9-36-10-7-34)16-3-1-4-19(11-16)31-25(35)21-5-2-8-37-21/h1-5,8,11-15H,6-7,9-10H2,(H,31,35)(H2,27,29,30). The number of nitrogens with two attached hydrogens (primary N) is 1. The maximum atomic E-state index is 12.4. The number of anilines is 3. The SMILES string of the molecule is Nc1ncc(-c2nc(N3CCOCC3)c3ncc(-c4cccc(NC(=O)c5ccco5)c4)cc3n2)cn1. The normalized spacial score (nSPS) is 13.6. The second kappa shape index (κ2) is 9.63. The highest BCUT2D eigenvalue weighted by Gasteiger charge is 2.20. The van der Waals surface area contributed by atoms with Gasteiger partial charge < -0.3 is 25.1 Å². The molecule has 1 fully saturated rings. The molecule has 0 atom stereocenters. The van der Waals surface area contributed by atoms with E-state index in [4.69, 9.17) is 29.8 Å². The van der Waals surface area contributed by atoms with E-state index in [9.17, 15) is 4.79 Å². The Bertz CT molecular complexity index is 1570. The van der Waals surface area contributed by atoms with Crippen molar-refractivity contribution < 1.29 is 13.9 Å². The van der Waals surface area contributed by atoms with Crippen LogP contribution >= 0.6 is 0 Å². The summed E-state index contributed by atoms with van der Waals surface area (Å²) >= 11 is 0. The molecule has 1 aromatic carbocycles. The van der Waals surface area contributed by atoms with E-state index in [-0.39, 0.29) is 17.6 Å². The number of furan rings is 1. The molecule has 1 saturated heterocycles. The van der Waals surface area contributed by atoms with Crippen molar-refractivity contribution in [1.29, 1.82) is 0 Å². The van der Waals surface area contributed by atoms with Gasteiger partial charge in [-0.2, -0.15) is 0 Å². The van der Waals surface area contributed by atoms with Gasteiger partial charge in [-0.3, -0.25) is 9.78 Å². The van der Waals surface area contributed by atoms with Crippen molar-refractivity contribution in [2.45, 2.75) is 0 Å². The maximum absolute atomic E-state index is 12.4. The molecule has 0 radical (unpaired) electrons. The molecule has 5 heterocycles. The maximum Gasteiger partial charge on any atom is 0.291 e. The highest BCUT2D eigenvalue weighted by Crippen LogP contribution is 2.30. The number of nitrogen functional groups attached to an aromatic ring is 1. The predicted molar refractivity (Wildman–Crippen MR) is 138 cm³/mol. The summed E-state index contributed by atoms with van der Waals surface area (Å²) in [6.45, 7) is 2.62. The quantitative estimate of drug-likeness (QED) is 0.373. The Kier molecular flexibility index (Phi) is 5.87. The topological polar surface area (TPSA) is 145 Å². The van der Waals surface area contributed by atoms with Gasteiger partial charge in [0.05, 0.1) is 30.6 Å². The summed E-state index contributed by atoms with van der Waals surface area (Å²) in [5.41, 5.74) is 10.0. The summed E-state index contributed by atoms with van der Waals surface area (Å²) in [4.78, 5) is 37.1. The summed E-state index contributed by atoms with van der Waals surface area (Å²) in [5, 5.41) is 2.86. The number of pyridine rings is 1. The van der Waals surface area contributed by atoms with Gasteiger partial charge in [0.1, 0.15) is 5.52 Å². The Hall–Kier alpha value is -4.90. The largest absolute Gasteiger partial charge is 0.459 e. The smallest absolute Gasteiger partial charge is 0.291 e. The predicted octanol–water partition coefficient (Wildman–Crippen LogP) is 3.41. The van der Waals surface area contributed by atoms with Crippen LogP contribution in [0.4, 0.5) is 17.5 Å². The van der Waals surface area contributed by atoms with Crippen molar-refractivity contribution in [2.24, 2.45) is 0 Å². The van der Waals surface area contributed by atoms with Crippen molar-refractivity contribution in [1.82, 2.24) is 24.9 Å². The van der Waals surface area contributed by atoms with Crippen LogP contribution in [0.3, 0.4) is 0 Å². The molecule has 1 aliphatic rings. The number of nitrogens with zero attached hydrogens (tertiary/aromatic N) is 6. The average molecular weight is 495 g/mol. The van der Waals surface area contributed by atoms with Crippen molar-refractivity contribution >= 4 is 34.4 Å². The van der Waals surface area contributed by atoms with E-state index in [0.717, 1.165) is 16.9 Å². The fourth-order valence-electron chi connectivity index (χ4n) is 4.12. The van der Waals surface area contributed by atoms with Crippen LogP contribution in [-0.2, 0) is 4.74 Å². The molecule has 184 valence electrons. The van der Waals surface area contributed by atoms with Crippen LogP contribution in [0, 0.1) is 0 Å². The number of carbonyl (C=O) groups excluding carboxylic acids is 1. The zero-order valence-corrected chi connectivity index (χ0v) is 19.7. The van der Waals surface area contributed by atoms with Gasteiger partial charge in [-0.05, 0) is 35.9 Å². The van der Waals surface area contributed by atoms with Crippen molar-refractivity contribution in [2.75, 3.05) is 42.3 Å². The number of hydrogen-bond donors (Lipinski definition) is 2. The van der Waals surface area contributed by atoms with Crippen molar-refractivity contribution in [3.8, 4) is 22.5 Å². The molecule has 3 N–H and O–H groups in total. The third-order valence-electron chi connectivity index (χ3n) is 5.96. The van der Waals surface area contributed by atoms with Crippen LogP contribution in [0.15, 0.2) is 71.7 Å². The van der Waals surface area contributed by atoms with E-state index in [2.05, 4.69) is 20.2 Å². The van der Waals surface area contributed by atoms with Gasteiger partial charge >= 0.3 is 0 Å². The second-order valence-corrected chi connectivity index (χ2v) is 8.40. The molecule has 0 bridgehead atoms. The highest BCUT2D eigenvalue weighted by atomic mass is 16.5. The van der Waals surface area contributed by atoms with Crippen LogP contribution in [0.25, 0.3) is 33.5 Å². The Balaban J connectivity index is 1.40. The van der Waals surface area contributed by atoms with Crippen LogP contribution in [-0.4, -0.2) is 57.1 Å². The monoisotopic (exact) mass is 494 g/mol. The fourth-order valence-corrected chi connectivity index (χ4v) is 4.12. The fraction of sp³-hybridized carbons (Fsp3) is 0.154. The lowest BCUT2D eigenvalue weighted by Gasteiger charge is -2.28. The minimum absolute atomic E-state index is 0.181. The number of carbonyl (C=O) groups is 1. The zero-order chi connectivity index (χ0) is 25.2. The number of fused-ring (bicyclic) bond motifs is 1. The molecule has 6 rings (SSSR count). The van der Waals surface area contributed by atoms with Gasteiger partial charge in [-0.15, -0.1) is 0 Å². The molecule has 1 aliphatic heterocycles. The molecule has 1 amide bonds. The Morgan fingerprint density at radius 1 is 0.919 bits per heavy atom. The van der Waals surface area contributed by atoms with Crippen LogP contribution in [0.5, 0.6) is 0 Å². The van der Waals surface area contributed by atoms with E-state index in [1.807, 2.05) is 30.3 Å². The number of aromatic nitrogens is 5. The van der Waals surface area contributed by atoms with Gasteiger partial charge in [0.15, 0.2) is 17.4 Å². The number of nitrogens with one attached hydrogen (secondary N) is 1. The second-order valence-electron chi connectivity index (χ2n) is 8.40. The molecule has 0 unspecified atom stereocenters. The van der Waals surface area contributed by atoms with Crippen molar-refractivity contribution in [3.63, 3.8) is 0 Å². The first-order valence-corrected chi connectivity index (χ1v) is 11.7. The number of ether oxygens (including phenoxy) is 1. The van der Waals surface area contributed by atoms with Crippen molar-refractivity contribution in [3.05, 3.63) is 73.1 Å². The van der Waals surface area contributed by atoms with E-state index >= 15 is 0 Å². The third-order valence-corrected chi connectivity index (χ3v) is 5.96.